The number of phenolic OH excluding ortho intramolecular Hbond substituents is 1. The maximum absolute atomic E-state index is 11.3. The second-order valence-corrected chi connectivity index (χ2v) is 14.4. The predicted octanol–water partition coefficient (Wildman–Crippen LogP) is 10.7. The Hall–Kier alpha value is -4.01. The van der Waals surface area contributed by atoms with Gasteiger partial charge in [0.2, 0.25) is 0 Å². The van der Waals surface area contributed by atoms with Crippen molar-refractivity contribution in [1.82, 2.24) is 14.5 Å². The number of fused-ring (bicyclic) bond motifs is 4. The molecule has 0 saturated carbocycles. The number of hydrogen-bond acceptors (Lipinski definition) is 3. The molecule has 1 aliphatic carbocycles. The van der Waals surface area contributed by atoms with Crippen LogP contribution < -0.4 is 0 Å². The van der Waals surface area contributed by atoms with E-state index < -0.39 is 0 Å². The molecule has 0 radical (unpaired) electrons. The molecule has 0 bridgehead atoms. The van der Waals surface area contributed by atoms with Gasteiger partial charge < -0.3 is 5.11 Å². The molecule has 4 nitrogen and oxygen atoms in total. The van der Waals surface area contributed by atoms with Crippen molar-refractivity contribution in [2.45, 2.75) is 78.1 Å². The van der Waals surface area contributed by atoms with Crippen LogP contribution in [-0.2, 0) is 31.9 Å². The van der Waals surface area contributed by atoms with E-state index in [9.17, 15) is 5.11 Å². The first-order valence-electron chi connectivity index (χ1n) is 16.4. The normalized spacial score (nSPS) is 14.6. The van der Waals surface area contributed by atoms with Gasteiger partial charge in [0, 0.05) is 43.9 Å². The average Bonchev–Trinajstić information content (AvgIpc) is 3.48. The molecule has 0 spiro atoms. The fraction of sp³-hybridized carbons (Fsp3) is 0.286. The molecule has 2 heterocycles. The van der Waals surface area contributed by atoms with Crippen LogP contribution in [0.4, 0.5) is 0 Å². The van der Waals surface area contributed by atoms with E-state index in [2.05, 4.69) is 133 Å². The summed E-state index contributed by atoms with van der Waals surface area (Å²) in [7, 11) is 0. The van der Waals surface area contributed by atoms with Gasteiger partial charge in [-0.3, -0.25) is 4.57 Å². The quantitative estimate of drug-likeness (QED) is 0.177. The van der Waals surface area contributed by atoms with E-state index in [0.29, 0.717) is 11.8 Å². The summed E-state index contributed by atoms with van der Waals surface area (Å²) >= 11 is 0. The molecule has 0 atom stereocenters. The molecule has 2 aromatic heterocycles. The second kappa shape index (κ2) is 11.9. The second-order valence-electron chi connectivity index (χ2n) is 14.4. The van der Waals surface area contributed by atoms with E-state index in [1.807, 2.05) is 18.2 Å². The van der Waals surface area contributed by atoms with Crippen molar-refractivity contribution in [3.63, 3.8) is 0 Å². The van der Waals surface area contributed by atoms with E-state index in [-0.39, 0.29) is 37.6 Å². The summed E-state index contributed by atoms with van der Waals surface area (Å²) in [5.74, 6) is 1.65. The number of benzene rings is 4. The molecule has 47 heavy (non-hydrogen) atoms. The number of para-hydroxylation sites is 1. The summed E-state index contributed by atoms with van der Waals surface area (Å²) in [5, 5.41) is 13.5. The van der Waals surface area contributed by atoms with Crippen molar-refractivity contribution in [1.29, 1.82) is 0 Å². The predicted molar refractivity (Wildman–Crippen MR) is 190 cm³/mol. The molecule has 1 N–H and O–H groups in total. The summed E-state index contributed by atoms with van der Waals surface area (Å²) in [4.78, 5) is 10.8. The van der Waals surface area contributed by atoms with Crippen molar-refractivity contribution in [2.75, 3.05) is 0 Å². The summed E-state index contributed by atoms with van der Waals surface area (Å²) in [6, 6.07) is 32.7. The fourth-order valence-electron chi connectivity index (χ4n) is 7.28. The molecule has 4 aromatic carbocycles. The average molecular weight is 800 g/mol. The Balaban J connectivity index is 0.00000386. The Kier molecular flexibility index (Phi) is 8.33. The minimum absolute atomic E-state index is 0. The Morgan fingerprint density at radius 1 is 0.702 bits per heavy atom. The van der Waals surface area contributed by atoms with Crippen molar-refractivity contribution in [3.05, 3.63) is 119 Å². The number of hydrogen-bond donors (Lipinski definition) is 1. The van der Waals surface area contributed by atoms with Gasteiger partial charge >= 0.3 is 0 Å². The Bertz CT molecular complexity index is 2100. The maximum atomic E-state index is 11.3. The Morgan fingerprint density at radius 3 is 2.04 bits per heavy atom. The topological polar surface area (TPSA) is 50.9 Å². The number of aromatic nitrogens is 3. The molecule has 5 heteroatoms. The van der Waals surface area contributed by atoms with Gasteiger partial charge in [0.25, 0.3) is 0 Å². The van der Waals surface area contributed by atoms with Crippen LogP contribution in [0.3, 0.4) is 0 Å². The molecular formula is C42H42N3OPt-. The van der Waals surface area contributed by atoms with Crippen molar-refractivity contribution >= 4 is 10.8 Å². The van der Waals surface area contributed by atoms with Crippen molar-refractivity contribution in [3.8, 4) is 45.5 Å². The maximum Gasteiger partial charge on any atom is 0.163 e. The molecular weight excluding hydrogens is 758 g/mol. The number of pyridine rings is 1. The SMILES string of the molecule is CC(C)c1cccc(C(C)C)c1-n1cc(-c2cccc3ccc[c-]c23)nc1-c1ccc2c(n1)-c1c(O)cccc1C(C)(C)C2(C)C.[Pt]. The summed E-state index contributed by atoms with van der Waals surface area (Å²) < 4.78 is 2.26. The van der Waals surface area contributed by atoms with Crippen LogP contribution >= 0.6 is 0 Å². The molecule has 0 saturated heterocycles. The molecule has 242 valence electrons. The van der Waals surface area contributed by atoms with Gasteiger partial charge in [0.15, 0.2) is 5.82 Å². The number of imidazole rings is 1. The van der Waals surface area contributed by atoms with E-state index in [0.717, 1.165) is 61.6 Å². The van der Waals surface area contributed by atoms with Crippen LogP contribution in [0, 0.1) is 6.07 Å². The van der Waals surface area contributed by atoms with Gasteiger partial charge in [-0.2, -0.15) is 0 Å². The Labute approximate surface area is 293 Å². The van der Waals surface area contributed by atoms with Crippen LogP contribution in [0.25, 0.3) is 50.5 Å². The van der Waals surface area contributed by atoms with Gasteiger partial charge in [-0.1, -0.05) is 116 Å². The number of nitrogens with zero attached hydrogens (tertiary/aromatic N) is 3. The zero-order valence-electron chi connectivity index (χ0n) is 28.4. The zero-order valence-corrected chi connectivity index (χ0v) is 30.7. The fourth-order valence-corrected chi connectivity index (χ4v) is 7.28. The van der Waals surface area contributed by atoms with Crippen LogP contribution in [-0.4, -0.2) is 19.6 Å². The molecule has 6 aromatic rings. The van der Waals surface area contributed by atoms with E-state index >= 15 is 0 Å². The van der Waals surface area contributed by atoms with Gasteiger partial charge in [0.1, 0.15) is 11.4 Å². The van der Waals surface area contributed by atoms with Gasteiger partial charge in [-0.05, 0) is 51.6 Å². The monoisotopic (exact) mass is 799 g/mol. The van der Waals surface area contributed by atoms with Crippen molar-refractivity contribution in [2.24, 2.45) is 0 Å². The van der Waals surface area contributed by atoms with E-state index in [1.165, 1.54) is 11.1 Å². The van der Waals surface area contributed by atoms with Gasteiger partial charge in [-0.25, -0.2) is 9.97 Å². The van der Waals surface area contributed by atoms with E-state index in [1.54, 1.807) is 6.07 Å². The summed E-state index contributed by atoms with van der Waals surface area (Å²) in [6.07, 6.45) is 2.18. The zero-order chi connectivity index (χ0) is 32.5. The standard InChI is InChI=1S/C42H42N3O.Pt/c1-25(2)28-17-12-18-29(26(3)4)39(28)45-24-35(31-19-11-15-27-14-9-10-16-30(27)31)44-40(45)34-23-22-33-38(43-34)37-32(20-13-21-36(37)46)41(5,6)42(33,7)8;/h9-15,17-26,46H,1-8H3;/q-1;. The first-order chi connectivity index (χ1) is 21.9. The van der Waals surface area contributed by atoms with Crippen LogP contribution in [0.5, 0.6) is 5.75 Å². The minimum Gasteiger partial charge on any atom is -0.507 e. The minimum atomic E-state index is -0.219. The summed E-state index contributed by atoms with van der Waals surface area (Å²) in [6.45, 7) is 18.1. The molecule has 7 rings (SSSR count). The first-order valence-corrected chi connectivity index (χ1v) is 16.4. The third-order valence-corrected chi connectivity index (χ3v) is 10.6. The first kappa shape index (κ1) is 32.9. The molecule has 0 fully saturated rings. The van der Waals surface area contributed by atoms with Crippen LogP contribution in [0.1, 0.15) is 89.5 Å². The number of rotatable bonds is 5. The summed E-state index contributed by atoms with van der Waals surface area (Å²) in [5.41, 5.74) is 9.83. The number of aromatic hydroxyl groups is 1. The molecule has 0 aliphatic heterocycles. The smallest absolute Gasteiger partial charge is 0.163 e. The van der Waals surface area contributed by atoms with Crippen molar-refractivity contribution < 1.29 is 26.2 Å². The van der Waals surface area contributed by atoms with Gasteiger partial charge in [0.05, 0.1) is 11.4 Å². The largest absolute Gasteiger partial charge is 0.507 e. The number of phenols is 1. The Morgan fingerprint density at radius 2 is 1.34 bits per heavy atom. The third-order valence-electron chi connectivity index (χ3n) is 10.6. The van der Waals surface area contributed by atoms with E-state index in [4.69, 9.17) is 9.97 Å². The van der Waals surface area contributed by atoms with Gasteiger partial charge in [-0.15, -0.1) is 35.0 Å². The molecule has 0 amide bonds. The van der Waals surface area contributed by atoms with Crippen LogP contribution in [0.15, 0.2) is 91.1 Å². The third kappa shape index (κ3) is 5.08. The molecule has 0 unspecified atom stereocenters. The molecule has 1 aliphatic rings. The van der Waals surface area contributed by atoms with Crippen LogP contribution in [0.2, 0.25) is 0 Å².